The molecule has 202 valence electrons. The topological polar surface area (TPSA) is 98.0 Å². The van der Waals surface area contributed by atoms with Crippen molar-refractivity contribution in [3.8, 4) is 5.75 Å². The molecule has 1 aromatic carbocycles. The zero-order chi connectivity index (χ0) is 28.5. The van der Waals surface area contributed by atoms with Gasteiger partial charge in [-0.1, -0.05) is 38.4 Å². The van der Waals surface area contributed by atoms with Crippen LogP contribution in [0.15, 0.2) is 67.0 Å². The van der Waals surface area contributed by atoms with Crippen molar-refractivity contribution in [3.05, 3.63) is 100 Å². The highest BCUT2D eigenvalue weighted by atomic mass is 35.5. The summed E-state index contributed by atoms with van der Waals surface area (Å²) in [6, 6.07) is 15.5. The Morgan fingerprint density at radius 1 is 0.974 bits per heavy atom. The molecule has 0 atom stereocenters. The van der Waals surface area contributed by atoms with Gasteiger partial charge in [-0.05, 0) is 74.4 Å². The van der Waals surface area contributed by atoms with E-state index in [1.807, 2.05) is 18.2 Å². The molecule has 0 unspecified atom stereocenters. The van der Waals surface area contributed by atoms with Crippen molar-refractivity contribution < 1.29 is 24.2 Å². The third-order valence-electron chi connectivity index (χ3n) is 6.55. The van der Waals surface area contributed by atoms with Crippen LogP contribution in [0.5, 0.6) is 5.75 Å². The molecule has 0 saturated carbocycles. The van der Waals surface area contributed by atoms with Crippen molar-refractivity contribution in [2.45, 2.75) is 47.6 Å². The predicted octanol–water partition coefficient (Wildman–Crippen LogP) is 6.68. The maximum atomic E-state index is 14.0. The molecular formula is C31H31ClN2O5. The molecule has 3 heterocycles. The average Bonchev–Trinajstić information content (AvgIpc) is 3.19. The van der Waals surface area contributed by atoms with Gasteiger partial charge >= 0.3 is 5.97 Å². The SMILES string of the molecule is CC(C)(C)C(=O)c1c(CC(C)(C)C(=O)O)c(C(=O)c2ccc(Cl)cc2)c2ccc(OCc3ccccn3)cn12. The third kappa shape index (κ3) is 5.88. The van der Waals surface area contributed by atoms with Gasteiger partial charge in [0.2, 0.25) is 0 Å². The molecule has 0 radical (unpaired) electrons. The summed E-state index contributed by atoms with van der Waals surface area (Å²) in [7, 11) is 0. The molecule has 0 aliphatic carbocycles. The number of carboxylic acids is 1. The van der Waals surface area contributed by atoms with Crippen LogP contribution >= 0.6 is 11.6 Å². The number of nitrogens with zero attached hydrogens (tertiary/aromatic N) is 2. The molecule has 0 aliphatic heterocycles. The lowest BCUT2D eigenvalue weighted by atomic mass is 9.80. The van der Waals surface area contributed by atoms with Crippen molar-refractivity contribution in [1.82, 2.24) is 9.38 Å². The van der Waals surface area contributed by atoms with Crippen LogP contribution in [0.1, 0.15) is 72.3 Å². The zero-order valence-corrected chi connectivity index (χ0v) is 23.4. The standard InChI is InChI=1S/C31H31ClN2O5/c1-30(2,3)28(36)26-23(16-31(4,5)29(37)38)25(27(35)19-9-11-20(32)12-10-19)24-14-13-22(17-34(24)26)39-18-21-8-6-7-15-33-21/h6-15,17H,16,18H2,1-5H3,(H,37,38). The highest BCUT2D eigenvalue weighted by molar-refractivity contribution is 6.30. The highest BCUT2D eigenvalue weighted by Gasteiger charge is 2.37. The molecule has 0 bridgehead atoms. The summed E-state index contributed by atoms with van der Waals surface area (Å²) in [5.74, 6) is -1.10. The number of halogens is 1. The number of carbonyl (C=O) groups is 3. The van der Waals surface area contributed by atoms with Crippen LogP contribution in [0.4, 0.5) is 0 Å². The molecule has 0 fully saturated rings. The van der Waals surface area contributed by atoms with Gasteiger partial charge in [-0.25, -0.2) is 0 Å². The Morgan fingerprint density at radius 3 is 2.26 bits per heavy atom. The summed E-state index contributed by atoms with van der Waals surface area (Å²) < 4.78 is 7.64. The number of ketones is 2. The van der Waals surface area contributed by atoms with Crippen LogP contribution in [0.3, 0.4) is 0 Å². The van der Waals surface area contributed by atoms with Gasteiger partial charge in [-0.2, -0.15) is 0 Å². The van der Waals surface area contributed by atoms with E-state index in [4.69, 9.17) is 16.3 Å². The molecule has 0 amide bonds. The fraction of sp³-hybridized carbons (Fsp3) is 0.290. The van der Waals surface area contributed by atoms with Crippen molar-refractivity contribution in [2.75, 3.05) is 0 Å². The Morgan fingerprint density at radius 2 is 1.67 bits per heavy atom. The number of pyridine rings is 2. The number of aromatic nitrogens is 2. The van der Waals surface area contributed by atoms with Crippen LogP contribution in [0.25, 0.3) is 5.52 Å². The minimum absolute atomic E-state index is 0.0278. The van der Waals surface area contributed by atoms with E-state index in [2.05, 4.69) is 4.98 Å². The van der Waals surface area contributed by atoms with Crippen molar-refractivity contribution in [1.29, 1.82) is 0 Å². The quantitative estimate of drug-likeness (QED) is 0.235. The fourth-order valence-corrected chi connectivity index (χ4v) is 4.43. The Bertz CT molecular complexity index is 1550. The van der Waals surface area contributed by atoms with Gasteiger partial charge in [0.1, 0.15) is 12.4 Å². The van der Waals surface area contributed by atoms with Gasteiger partial charge < -0.3 is 14.2 Å². The van der Waals surface area contributed by atoms with E-state index in [1.165, 1.54) is 0 Å². The number of benzene rings is 1. The van der Waals surface area contributed by atoms with Gasteiger partial charge in [0.15, 0.2) is 11.6 Å². The average molecular weight is 547 g/mol. The van der Waals surface area contributed by atoms with E-state index in [1.54, 1.807) is 87.8 Å². The monoisotopic (exact) mass is 546 g/mol. The van der Waals surface area contributed by atoms with E-state index in [0.29, 0.717) is 27.4 Å². The molecule has 4 rings (SSSR count). The minimum atomic E-state index is -1.24. The van der Waals surface area contributed by atoms with E-state index < -0.39 is 16.8 Å². The number of hydrogen-bond donors (Lipinski definition) is 1. The highest BCUT2D eigenvalue weighted by Crippen LogP contribution is 2.37. The second kappa shape index (κ2) is 10.7. The Kier molecular flexibility index (Phi) is 7.66. The zero-order valence-electron chi connectivity index (χ0n) is 22.6. The van der Waals surface area contributed by atoms with Crippen LogP contribution in [0, 0.1) is 10.8 Å². The molecular weight excluding hydrogens is 516 g/mol. The lowest BCUT2D eigenvalue weighted by Gasteiger charge is -2.22. The number of Topliss-reactive ketones (excluding diaryl/α,β-unsaturated/α-hetero) is 1. The molecule has 3 aromatic heterocycles. The van der Waals surface area contributed by atoms with Gasteiger partial charge in [-0.3, -0.25) is 19.4 Å². The van der Waals surface area contributed by atoms with Crippen LogP contribution in [0.2, 0.25) is 5.02 Å². The van der Waals surface area contributed by atoms with Gasteiger partial charge in [0.25, 0.3) is 0 Å². The molecule has 7 nitrogen and oxygen atoms in total. The van der Waals surface area contributed by atoms with Crippen molar-refractivity contribution in [2.24, 2.45) is 10.8 Å². The first-order valence-electron chi connectivity index (χ1n) is 12.6. The number of fused-ring (bicyclic) bond motifs is 1. The molecule has 4 aromatic rings. The number of rotatable bonds is 9. The second-order valence-electron chi connectivity index (χ2n) is 11.2. The first kappa shape index (κ1) is 28.0. The first-order valence-corrected chi connectivity index (χ1v) is 13.0. The summed E-state index contributed by atoms with van der Waals surface area (Å²) >= 11 is 6.05. The van der Waals surface area contributed by atoms with Crippen LogP contribution in [-0.4, -0.2) is 32.0 Å². The van der Waals surface area contributed by atoms with E-state index >= 15 is 0 Å². The number of carbonyl (C=O) groups excluding carboxylic acids is 2. The van der Waals surface area contributed by atoms with Crippen LogP contribution in [-0.2, 0) is 17.8 Å². The summed E-state index contributed by atoms with van der Waals surface area (Å²) in [6.07, 6.45) is 3.33. The Balaban J connectivity index is 1.96. The smallest absolute Gasteiger partial charge is 0.309 e. The van der Waals surface area contributed by atoms with Crippen molar-refractivity contribution >= 4 is 34.7 Å². The molecule has 0 spiro atoms. The maximum Gasteiger partial charge on any atom is 0.309 e. The third-order valence-corrected chi connectivity index (χ3v) is 6.80. The largest absolute Gasteiger partial charge is 0.486 e. The van der Waals surface area contributed by atoms with Gasteiger partial charge in [0.05, 0.1) is 34.1 Å². The van der Waals surface area contributed by atoms with E-state index in [0.717, 1.165) is 5.69 Å². The van der Waals surface area contributed by atoms with Gasteiger partial charge in [-0.15, -0.1) is 0 Å². The number of hydrogen-bond acceptors (Lipinski definition) is 5. The Hall–Kier alpha value is -3.97. The maximum absolute atomic E-state index is 14.0. The predicted molar refractivity (Wildman–Crippen MR) is 150 cm³/mol. The minimum Gasteiger partial charge on any atom is -0.486 e. The summed E-state index contributed by atoms with van der Waals surface area (Å²) in [5, 5.41) is 10.4. The van der Waals surface area contributed by atoms with Crippen molar-refractivity contribution in [3.63, 3.8) is 0 Å². The second-order valence-corrected chi connectivity index (χ2v) is 11.6. The number of ether oxygens (including phenoxy) is 1. The summed E-state index contributed by atoms with van der Waals surface area (Å²) in [5.41, 5.74) is 0.508. The fourth-order valence-electron chi connectivity index (χ4n) is 4.30. The van der Waals surface area contributed by atoms with E-state index in [9.17, 15) is 19.5 Å². The van der Waals surface area contributed by atoms with Crippen LogP contribution < -0.4 is 4.74 Å². The lowest BCUT2D eigenvalue weighted by molar-refractivity contribution is -0.146. The molecule has 39 heavy (non-hydrogen) atoms. The molecule has 0 aliphatic rings. The first-order chi connectivity index (χ1) is 18.3. The normalized spacial score (nSPS) is 11.9. The van der Waals surface area contributed by atoms with Gasteiger partial charge in [0, 0.05) is 22.2 Å². The molecule has 0 saturated heterocycles. The molecule has 8 heteroatoms. The number of carboxylic acid groups (broad SMARTS) is 1. The summed E-state index contributed by atoms with van der Waals surface area (Å²) in [6.45, 7) is 8.77. The number of aliphatic carboxylic acids is 1. The Labute approximate surface area is 232 Å². The summed E-state index contributed by atoms with van der Waals surface area (Å²) in [4.78, 5) is 44.3. The lowest BCUT2D eigenvalue weighted by Crippen LogP contribution is -2.29. The molecule has 1 N–H and O–H groups in total. The van der Waals surface area contributed by atoms with E-state index in [-0.39, 0.29) is 35.9 Å².